The SMILES string of the molecule is CCC(O)(CO[Si](C)(C)C(C)(C)C)CO[Si](C)(C)C(C)(C)C. The van der Waals surface area contributed by atoms with Crippen molar-refractivity contribution in [1.82, 2.24) is 0 Å². The van der Waals surface area contributed by atoms with E-state index in [1.807, 2.05) is 6.92 Å². The Bertz CT molecular complexity index is 322. The molecule has 0 aliphatic carbocycles. The molecule has 0 radical (unpaired) electrons. The Morgan fingerprint density at radius 3 is 1.18 bits per heavy atom. The monoisotopic (exact) mass is 348 g/mol. The summed E-state index contributed by atoms with van der Waals surface area (Å²) in [5, 5.41) is 11.2. The molecule has 0 amide bonds. The van der Waals surface area contributed by atoms with Gasteiger partial charge in [0.2, 0.25) is 0 Å². The summed E-state index contributed by atoms with van der Waals surface area (Å²) in [4.78, 5) is 0. The highest BCUT2D eigenvalue weighted by molar-refractivity contribution is 6.74. The van der Waals surface area contributed by atoms with Gasteiger partial charge in [-0.15, -0.1) is 0 Å². The molecule has 0 rings (SSSR count). The van der Waals surface area contributed by atoms with E-state index in [0.717, 1.165) is 0 Å². The maximum Gasteiger partial charge on any atom is 0.192 e. The van der Waals surface area contributed by atoms with Crippen molar-refractivity contribution < 1.29 is 14.0 Å². The third-order valence-electron chi connectivity index (χ3n) is 5.67. The van der Waals surface area contributed by atoms with Gasteiger partial charge in [-0.25, -0.2) is 0 Å². The van der Waals surface area contributed by atoms with Crippen molar-refractivity contribution in [2.45, 2.75) is 96.8 Å². The maximum atomic E-state index is 10.9. The second kappa shape index (κ2) is 7.05. The average Bonchev–Trinajstić information content (AvgIpc) is 2.31. The second-order valence-electron chi connectivity index (χ2n) is 9.68. The topological polar surface area (TPSA) is 38.7 Å². The lowest BCUT2D eigenvalue weighted by molar-refractivity contribution is -0.0491. The van der Waals surface area contributed by atoms with Crippen molar-refractivity contribution in [3.8, 4) is 0 Å². The quantitative estimate of drug-likeness (QED) is 0.645. The molecule has 0 saturated heterocycles. The molecule has 0 aromatic carbocycles. The standard InChI is InChI=1S/C17H40O3Si2/c1-12-17(18,13-19-21(8,9)15(2,3)4)14-20-22(10,11)16(5,6)7/h18H,12-14H2,1-11H3. The average molecular weight is 349 g/mol. The summed E-state index contributed by atoms with van der Waals surface area (Å²) in [7, 11) is -3.69. The first-order valence-corrected chi connectivity index (χ1v) is 14.3. The highest BCUT2D eigenvalue weighted by atomic mass is 28.4. The lowest BCUT2D eigenvalue weighted by Crippen LogP contribution is -2.51. The molecule has 0 fully saturated rings. The van der Waals surface area contributed by atoms with Gasteiger partial charge in [0.1, 0.15) is 5.60 Å². The van der Waals surface area contributed by atoms with Crippen LogP contribution in [0.5, 0.6) is 0 Å². The first-order valence-electron chi connectivity index (χ1n) is 8.48. The van der Waals surface area contributed by atoms with Crippen LogP contribution in [0.2, 0.25) is 36.3 Å². The third-order valence-corrected chi connectivity index (χ3v) is 14.6. The Kier molecular flexibility index (Phi) is 7.15. The van der Waals surface area contributed by atoms with E-state index in [1.165, 1.54) is 0 Å². The van der Waals surface area contributed by atoms with Crippen molar-refractivity contribution in [3.05, 3.63) is 0 Å². The molecule has 0 atom stereocenters. The summed E-state index contributed by atoms with van der Waals surface area (Å²) in [5.74, 6) is 0. The van der Waals surface area contributed by atoms with Crippen LogP contribution in [0, 0.1) is 0 Å². The molecule has 0 aromatic rings. The van der Waals surface area contributed by atoms with Gasteiger partial charge in [0, 0.05) is 0 Å². The van der Waals surface area contributed by atoms with Gasteiger partial charge >= 0.3 is 0 Å². The van der Waals surface area contributed by atoms with Crippen LogP contribution >= 0.6 is 0 Å². The van der Waals surface area contributed by atoms with Gasteiger partial charge in [0.15, 0.2) is 16.6 Å². The zero-order chi connectivity index (χ0) is 18.0. The van der Waals surface area contributed by atoms with Crippen molar-refractivity contribution in [1.29, 1.82) is 0 Å². The van der Waals surface area contributed by atoms with Gasteiger partial charge < -0.3 is 14.0 Å². The number of hydrogen-bond acceptors (Lipinski definition) is 3. The van der Waals surface area contributed by atoms with Gasteiger partial charge in [-0.05, 0) is 42.7 Å². The smallest absolute Gasteiger partial charge is 0.192 e. The predicted octanol–water partition coefficient (Wildman–Crippen LogP) is 5.17. The van der Waals surface area contributed by atoms with E-state index in [0.29, 0.717) is 19.6 Å². The van der Waals surface area contributed by atoms with E-state index in [-0.39, 0.29) is 10.1 Å². The van der Waals surface area contributed by atoms with E-state index < -0.39 is 22.2 Å². The molecule has 0 bridgehead atoms. The molecule has 0 unspecified atom stereocenters. The molecule has 22 heavy (non-hydrogen) atoms. The lowest BCUT2D eigenvalue weighted by atomic mass is 10.0. The molecule has 0 saturated carbocycles. The Labute approximate surface area is 141 Å². The van der Waals surface area contributed by atoms with Crippen LogP contribution in [-0.2, 0) is 8.85 Å². The van der Waals surface area contributed by atoms with Crippen LogP contribution in [0.15, 0.2) is 0 Å². The minimum absolute atomic E-state index is 0.155. The Morgan fingerprint density at radius 2 is 1.00 bits per heavy atom. The first kappa shape index (κ1) is 22.3. The van der Waals surface area contributed by atoms with Crippen molar-refractivity contribution in [3.63, 3.8) is 0 Å². The first-order chi connectivity index (χ1) is 9.47. The van der Waals surface area contributed by atoms with E-state index >= 15 is 0 Å². The second-order valence-corrected chi connectivity index (χ2v) is 19.3. The van der Waals surface area contributed by atoms with Crippen LogP contribution in [-0.4, -0.2) is 40.6 Å². The Balaban J connectivity index is 4.81. The molecular formula is C17H40O3Si2. The van der Waals surface area contributed by atoms with Gasteiger partial charge in [-0.3, -0.25) is 0 Å². The fourth-order valence-corrected chi connectivity index (χ4v) is 3.43. The van der Waals surface area contributed by atoms with Crippen LogP contribution in [0.4, 0.5) is 0 Å². The van der Waals surface area contributed by atoms with E-state index in [1.54, 1.807) is 0 Å². The van der Waals surface area contributed by atoms with E-state index in [9.17, 15) is 5.11 Å². The molecule has 0 spiro atoms. The van der Waals surface area contributed by atoms with Gasteiger partial charge in [-0.2, -0.15) is 0 Å². The van der Waals surface area contributed by atoms with Crippen LogP contribution in [0.25, 0.3) is 0 Å². The number of hydrogen-bond donors (Lipinski definition) is 1. The minimum atomic E-state index is -1.85. The third kappa shape index (κ3) is 6.08. The van der Waals surface area contributed by atoms with Crippen LogP contribution in [0.3, 0.4) is 0 Å². The summed E-state index contributed by atoms with van der Waals surface area (Å²) < 4.78 is 12.5. The highest BCUT2D eigenvalue weighted by Crippen LogP contribution is 2.39. The molecule has 5 heteroatoms. The highest BCUT2D eigenvalue weighted by Gasteiger charge is 2.42. The molecule has 0 aliphatic heterocycles. The Morgan fingerprint density at radius 1 is 0.727 bits per heavy atom. The largest absolute Gasteiger partial charge is 0.414 e. The maximum absolute atomic E-state index is 10.9. The fourth-order valence-electron chi connectivity index (χ4n) is 1.31. The van der Waals surface area contributed by atoms with Gasteiger partial charge in [0.25, 0.3) is 0 Å². The number of aliphatic hydroxyl groups is 1. The van der Waals surface area contributed by atoms with Crippen molar-refractivity contribution in [2.75, 3.05) is 13.2 Å². The minimum Gasteiger partial charge on any atom is -0.414 e. The molecule has 1 N–H and O–H groups in total. The van der Waals surface area contributed by atoms with Crippen LogP contribution < -0.4 is 0 Å². The summed E-state index contributed by atoms with van der Waals surface area (Å²) in [6, 6.07) is 0. The normalized spacial score (nSPS) is 15.3. The zero-order valence-corrected chi connectivity index (χ0v) is 18.9. The Hall–Kier alpha value is 0.314. The summed E-state index contributed by atoms with van der Waals surface area (Å²) in [5.41, 5.74) is -0.884. The molecule has 0 heterocycles. The molecule has 0 aliphatic rings. The lowest BCUT2D eigenvalue weighted by Gasteiger charge is -2.41. The van der Waals surface area contributed by atoms with Crippen LogP contribution in [0.1, 0.15) is 54.9 Å². The van der Waals surface area contributed by atoms with E-state index in [4.69, 9.17) is 8.85 Å². The zero-order valence-electron chi connectivity index (χ0n) is 16.9. The van der Waals surface area contributed by atoms with Crippen molar-refractivity contribution >= 4 is 16.6 Å². The van der Waals surface area contributed by atoms with Gasteiger partial charge in [0.05, 0.1) is 13.2 Å². The molecular weight excluding hydrogens is 308 g/mol. The molecule has 3 nitrogen and oxygen atoms in total. The summed E-state index contributed by atoms with van der Waals surface area (Å²) in [6.45, 7) is 24.9. The van der Waals surface area contributed by atoms with Crippen molar-refractivity contribution in [2.24, 2.45) is 0 Å². The summed E-state index contributed by atoms with van der Waals surface area (Å²) in [6.07, 6.45) is 0.649. The van der Waals surface area contributed by atoms with E-state index in [2.05, 4.69) is 67.7 Å². The summed E-state index contributed by atoms with van der Waals surface area (Å²) >= 11 is 0. The number of rotatable bonds is 7. The predicted molar refractivity (Wildman–Crippen MR) is 102 cm³/mol. The fraction of sp³-hybridized carbons (Fsp3) is 1.00. The van der Waals surface area contributed by atoms with Gasteiger partial charge in [-0.1, -0.05) is 48.5 Å². The molecule has 134 valence electrons. The molecule has 0 aromatic heterocycles.